The molecule has 108 valence electrons. The van der Waals surface area contributed by atoms with Crippen molar-refractivity contribution in [3.05, 3.63) is 0 Å². The second-order valence-corrected chi connectivity index (χ2v) is 7.26. The van der Waals surface area contributed by atoms with E-state index in [2.05, 4.69) is 4.72 Å². The van der Waals surface area contributed by atoms with Crippen LogP contribution >= 0.6 is 0 Å². The Balaban J connectivity index is 4.49. The van der Waals surface area contributed by atoms with Gasteiger partial charge < -0.3 is 0 Å². The van der Waals surface area contributed by atoms with Crippen molar-refractivity contribution in [2.24, 2.45) is 0 Å². The maximum absolute atomic E-state index is 12.0. The summed E-state index contributed by atoms with van der Waals surface area (Å²) in [5, 5.41) is 1.20. The van der Waals surface area contributed by atoms with Crippen molar-refractivity contribution in [1.82, 2.24) is 9.79 Å². The van der Waals surface area contributed by atoms with Crippen molar-refractivity contribution >= 4 is 16.9 Å². The van der Waals surface area contributed by atoms with Gasteiger partial charge in [0, 0.05) is 19.5 Å². The molecule has 1 N–H and O–H groups in total. The minimum atomic E-state index is -1.16. The number of hydrogen-bond acceptors (Lipinski definition) is 3. The molecule has 18 heavy (non-hydrogen) atoms. The number of rotatable bonds is 7. The van der Waals surface area contributed by atoms with Gasteiger partial charge in [-0.15, -0.1) is 0 Å². The van der Waals surface area contributed by atoms with E-state index >= 15 is 0 Å². The highest BCUT2D eigenvalue weighted by molar-refractivity contribution is 7.84. The summed E-state index contributed by atoms with van der Waals surface area (Å²) in [6.45, 7) is 7.76. The minimum Gasteiger partial charge on any atom is -0.275 e. The Hall–Kier alpha value is -0.460. The van der Waals surface area contributed by atoms with Crippen molar-refractivity contribution in [1.29, 1.82) is 0 Å². The van der Waals surface area contributed by atoms with Crippen LogP contribution in [0, 0.1) is 0 Å². The van der Waals surface area contributed by atoms with Crippen LogP contribution in [-0.4, -0.2) is 40.1 Å². The average Bonchev–Trinajstić information content (AvgIpc) is 2.26. The molecule has 0 aromatic heterocycles. The van der Waals surface area contributed by atoms with E-state index in [-0.39, 0.29) is 16.7 Å². The third kappa shape index (κ3) is 6.47. The van der Waals surface area contributed by atoms with Crippen LogP contribution in [0.25, 0.3) is 0 Å². The van der Waals surface area contributed by atoms with Crippen LogP contribution in [0.15, 0.2) is 0 Å². The van der Waals surface area contributed by atoms with Gasteiger partial charge in [-0.1, -0.05) is 13.3 Å². The van der Waals surface area contributed by atoms with Gasteiger partial charge in [-0.25, -0.2) is 14.0 Å². The van der Waals surface area contributed by atoms with E-state index in [1.807, 2.05) is 27.7 Å². The molecular weight excluding hydrogens is 252 g/mol. The molecule has 0 unspecified atom stereocenters. The Morgan fingerprint density at radius 3 is 2.39 bits per heavy atom. The lowest BCUT2D eigenvalue weighted by Crippen LogP contribution is -2.42. The highest BCUT2D eigenvalue weighted by atomic mass is 32.2. The summed E-state index contributed by atoms with van der Waals surface area (Å²) in [5.41, 5.74) is 0. The SMILES string of the molecule is CCC[C@@H](CC(=O)N(C)OC)N[S@@](=O)C(C)(C)C. The molecule has 0 saturated carbocycles. The molecule has 0 rings (SSSR count). The lowest BCUT2D eigenvalue weighted by atomic mass is 10.1. The van der Waals surface area contributed by atoms with Crippen LogP contribution < -0.4 is 4.72 Å². The summed E-state index contributed by atoms with van der Waals surface area (Å²) in [5.74, 6) is -0.116. The predicted octanol–water partition coefficient (Wildman–Crippen LogP) is 1.62. The van der Waals surface area contributed by atoms with Crippen LogP contribution in [0.5, 0.6) is 0 Å². The highest BCUT2D eigenvalue weighted by Crippen LogP contribution is 2.12. The van der Waals surface area contributed by atoms with E-state index in [1.54, 1.807) is 7.05 Å². The molecular formula is C12H26N2O3S. The zero-order valence-electron chi connectivity index (χ0n) is 12.3. The Labute approximate surface area is 113 Å². The predicted molar refractivity (Wildman–Crippen MR) is 74.1 cm³/mol. The topological polar surface area (TPSA) is 58.6 Å². The van der Waals surface area contributed by atoms with Crippen molar-refractivity contribution in [3.8, 4) is 0 Å². The lowest BCUT2D eigenvalue weighted by molar-refractivity contribution is -0.169. The van der Waals surface area contributed by atoms with Gasteiger partial charge in [-0.3, -0.25) is 9.63 Å². The number of carbonyl (C=O) groups is 1. The molecule has 0 aromatic rings. The van der Waals surface area contributed by atoms with Crippen molar-refractivity contribution < 1.29 is 13.8 Å². The first-order valence-corrected chi connectivity index (χ1v) is 7.36. The third-order valence-electron chi connectivity index (χ3n) is 2.51. The van der Waals surface area contributed by atoms with Gasteiger partial charge >= 0.3 is 0 Å². The molecule has 0 aliphatic heterocycles. The second-order valence-electron chi connectivity index (χ2n) is 5.26. The first-order valence-electron chi connectivity index (χ1n) is 6.21. The molecule has 2 atom stereocenters. The van der Waals surface area contributed by atoms with Crippen LogP contribution in [0.1, 0.15) is 47.0 Å². The average molecular weight is 278 g/mol. The summed E-state index contributed by atoms with van der Waals surface area (Å²) in [6, 6.07) is -0.0832. The Morgan fingerprint density at radius 1 is 1.44 bits per heavy atom. The van der Waals surface area contributed by atoms with E-state index in [0.29, 0.717) is 6.42 Å². The second kappa shape index (κ2) is 7.86. The zero-order valence-corrected chi connectivity index (χ0v) is 13.1. The van der Waals surface area contributed by atoms with Crippen molar-refractivity contribution in [2.45, 2.75) is 57.7 Å². The van der Waals surface area contributed by atoms with Gasteiger partial charge in [0.15, 0.2) is 0 Å². The largest absolute Gasteiger partial charge is 0.275 e. The Kier molecular flexibility index (Phi) is 7.66. The van der Waals surface area contributed by atoms with Gasteiger partial charge in [0.2, 0.25) is 5.91 Å². The molecule has 0 heterocycles. The molecule has 6 heteroatoms. The number of hydroxylamine groups is 2. The maximum Gasteiger partial charge on any atom is 0.247 e. The number of nitrogens with one attached hydrogen (secondary N) is 1. The van der Waals surface area contributed by atoms with Crippen molar-refractivity contribution in [2.75, 3.05) is 14.2 Å². The highest BCUT2D eigenvalue weighted by Gasteiger charge is 2.24. The summed E-state index contributed by atoms with van der Waals surface area (Å²) in [4.78, 5) is 16.6. The molecule has 0 spiro atoms. The van der Waals surface area contributed by atoms with Gasteiger partial charge in [-0.2, -0.15) is 0 Å². The zero-order chi connectivity index (χ0) is 14.3. The summed E-state index contributed by atoms with van der Waals surface area (Å²) >= 11 is 0. The fourth-order valence-electron chi connectivity index (χ4n) is 1.32. The summed E-state index contributed by atoms with van der Waals surface area (Å²) < 4.78 is 14.7. The minimum absolute atomic E-state index is 0.0832. The molecule has 0 saturated heterocycles. The first kappa shape index (κ1) is 17.5. The van der Waals surface area contributed by atoms with E-state index in [1.165, 1.54) is 12.2 Å². The number of hydrogen-bond donors (Lipinski definition) is 1. The molecule has 5 nitrogen and oxygen atoms in total. The van der Waals surface area contributed by atoms with Gasteiger partial charge in [0.25, 0.3) is 0 Å². The maximum atomic E-state index is 12.0. The molecule has 0 radical (unpaired) electrons. The summed E-state index contributed by atoms with van der Waals surface area (Å²) in [6.07, 6.45) is 2.04. The fraction of sp³-hybridized carbons (Fsp3) is 0.917. The van der Waals surface area contributed by atoms with E-state index in [9.17, 15) is 9.00 Å². The smallest absolute Gasteiger partial charge is 0.247 e. The van der Waals surface area contributed by atoms with Crippen molar-refractivity contribution in [3.63, 3.8) is 0 Å². The van der Waals surface area contributed by atoms with E-state index in [0.717, 1.165) is 12.8 Å². The quantitative estimate of drug-likeness (QED) is 0.720. The molecule has 0 fully saturated rings. The third-order valence-corrected chi connectivity index (χ3v) is 4.17. The normalized spacial score (nSPS) is 15.2. The van der Waals surface area contributed by atoms with Crippen LogP contribution in [-0.2, 0) is 20.6 Å². The number of amides is 1. The Bertz CT molecular complexity index is 290. The first-order chi connectivity index (χ1) is 8.22. The molecule has 1 amide bonds. The summed E-state index contributed by atoms with van der Waals surface area (Å²) in [7, 11) is 1.87. The molecule has 0 aliphatic rings. The monoisotopic (exact) mass is 278 g/mol. The number of nitrogens with zero attached hydrogens (tertiary/aromatic N) is 1. The van der Waals surface area contributed by atoms with Crippen LogP contribution in [0.4, 0.5) is 0 Å². The van der Waals surface area contributed by atoms with Crippen LogP contribution in [0.3, 0.4) is 0 Å². The molecule has 0 aromatic carbocycles. The molecule has 0 bridgehead atoms. The standard InChI is InChI=1S/C12H26N2O3S/c1-7-8-10(9-11(15)14(5)17-6)13-18(16)12(2,3)4/h10,13H,7-9H2,1-6H3/t10-,18-/m0/s1. The van der Waals surface area contributed by atoms with E-state index < -0.39 is 11.0 Å². The van der Waals surface area contributed by atoms with Gasteiger partial charge in [0.1, 0.15) is 0 Å². The van der Waals surface area contributed by atoms with Crippen LogP contribution in [0.2, 0.25) is 0 Å². The fourth-order valence-corrected chi connectivity index (χ4v) is 2.18. The lowest BCUT2D eigenvalue weighted by Gasteiger charge is -2.25. The molecule has 0 aliphatic carbocycles. The Morgan fingerprint density at radius 2 is 2.00 bits per heavy atom. The number of carbonyl (C=O) groups excluding carboxylic acids is 1. The van der Waals surface area contributed by atoms with Gasteiger partial charge in [-0.05, 0) is 27.2 Å². The van der Waals surface area contributed by atoms with Gasteiger partial charge in [0.05, 0.1) is 22.8 Å². The van der Waals surface area contributed by atoms with E-state index in [4.69, 9.17) is 4.84 Å².